The molecule has 0 aliphatic carbocycles. The Kier molecular flexibility index (Phi) is 3.36. The smallest absolute Gasteiger partial charge is 0.178 e. The average Bonchev–Trinajstić information content (AvgIpc) is 2.83. The quantitative estimate of drug-likeness (QED) is 0.707. The lowest BCUT2D eigenvalue weighted by atomic mass is 10.1. The van der Waals surface area contributed by atoms with Gasteiger partial charge < -0.3 is 0 Å². The minimum absolute atomic E-state index is 0.120. The molecule has 0 saturated heterocycles. The monoisotopic (exact) mass is 282 g/mol. The summed E-state index contributed by atoms with van der Waals surface area (Å²) in [7, 11) is 0. The third-order valence-electron chi connectivity index (χ3n) is 2.85. The summed E-state index contributed by atoms with van der Waals surface area (Å²) >= 11 is 3.63. The molecule has 98 valence electrons. The van der Waals surface area contributed by atoms with Gasteiger partial charge in [0, 0.05) is 41.5 Å². The molecule has 0 spiro atoms. The zero-order valence-electron chi connectivity index (χ0n) is 12.0. The molecule has 4 heteroatoms. The van der Waals surface area contributed by atoms with Crippen LogP contribution in [0.4, 0.5) is 0 Å². The van der Waals surface area contributed by atoms with Crippen LogP contribution in [0.1, 0.15) is 41.5 Å². The number of hydrogen-bond donors (Lipinski definition) is 0. The molecule has 0 radical (unpaired) electrons. The van der Waals surface area contributed by atoms with E-state index >= 15 is 0 Å². The summed E-state index contributed by atoms with van der Waals surface area (Å²) in [5.74, 6) is 0. The van der Waals surface area contributed by atoms with Crippen LogP contribution in [0.25, 0.3) is 10.0 Å². The second-order valence-electron chi connectivity index (χ2n) is 6.50. The van der Waals surface area contributed by atoms with Crippen molar-refractivity contribution in [1.82, 2.24) is 0 Å². The Morgan fingerprint density at radius 2 is 1.06 bits per heavy atom. The number of nitrogens with zero attached hydrogens (tertiary/aromatic N) is 2. The lowest BCUT2D eigenvalue weighted by Crippen LogP contribution is -2.54. The van der Waals surface area contributed by atoms with Crippen molar-refractivity contribution < 1.29 is 9.13 Å². The van der Waals surface area contributed by atoms with Crippen LogP contribution in [-0.2, 0) is 11.1 Å². The van der Waals surface area contributed by atoms with Crippen LogP contribution >= 0.6 is 22.7 Å². The molecule has 0 aliphatic heterocycles. The van der Waals surface area contributed by atoms with Crippen molar-refractivity contribution in [2.45, 2.75) is 52.6 Å². The van der Waals surface area contributed by atoms with Crippen molar-refractivity contribution in [2.75, 3.05) is 0 Å². The van der Waals surface area contributed by atoms with Crippen LogP contribution in [0.2, 0.25) is 0 Å². The Morgan fingerprint density at radius 3 is 1.33 bits per heavy atom. The van der Waals surface area contributed by atoms with Gasteiger partial charge >= 0.3 is 10.0 Å². The molecule has 18 heavy (non-hydrogen) atoms. The molecule has 0 fully saturated rings. The minimum atomic E-state index is 0.120. The summed E-state index contributed by atoms with van der Waals surface area (Å²) in [5, 5.41) is 7.03. The van der Waals surface area contributed by atoms with Gasteiger partial charge in [0.15, 0.2) is 23.5 Å². The maximum atomic E-state index is 2.37. The zero-order valence-corrected chi connectivity index (χ0v) is 13.7. The van der Waals surface area contributed by atoms with Gasteiger partial charge in [-0.1, -0.05) is 22.7 Å². The van der Waals surface area contributed by atoms with E-state index in [1.807, 2.05) is 22.7 Å². The van der Waals surface area contributed by atoms with Gasteiger partial charge in [-0.05, 0) is 0 Å². The highest BCUT2D eigenvalue weighted by Gasteiger charge is 2.37. The lowest BCUT2D eigenvalue weighted by molar-refractivity contribution is -0.765. The third kappa shape index (κ3) is 2.50. The Morgan fingerprint density at radius 1 is 0.722 bits per heavy atom. The maximum absolute atomic E-state index is 2.37. The van der Waals surface area contributed by atoms with E-state index in [0.29, 0.717) is 0 Å². The third-order valence-corrected chi connectivity index (χ3v) is 4.72. The molecule has 0 aliphatic rings. The second-order valence-corrected chi connectivity index (χ2v) is 8.29. The summed E-state index contributed by atoms with van der Waals surface area (Å²) in [4.78, 5) is 0. The molecule has 0 aromatic carbocycles. The Labute approximate surface area is 118 Å². The van der Waals surface area contributed by atoms with Gasteiger partial charge in [0.05, 0.1) is 10.8 Å². The summed E-state index contributed by atoms with van der Waals surface area (Å²) in [6.45, 7) is 13.5. The van der Waals surface area contributed by atoms with Crippen LogP contribution in [-0.4, -0.2) is 0 Å². The summed E-state index contributed by atoms with van der Waals surface area (Å²) < 4.78 is 4.73. The molecule has 0 unspecified atom stereocenters. The summed E-state index contributed by atoms with van der Waals surface area (Å²) in [6, 6.07) is 0. The van der Waals surface area contributed by atoms with Crippen LogP contribution in [0.3, 0.4) is 0 Å². The van der Waals surface area contributed by atoms with Gasteiger partial charge in [0.1, 0.15) is 0 Å². The van der Waals surface area contributed by atoms with Gasteiger partial charge in [-0.15, -0.1) is 0 Å². The SMILES string of the molecule is CC(C)(C)[n+]1ccsc1-c1scc[n+]1C(C)(C)C. The zero-order chi connectivity index (χ0) is 13.6. The lowest BCUT2D eigenvalue weighted by Gasteiger charge is -2.14. The Balaban J connectivity index is 2.58. The van der Waals surface area contributed by atoms with Crippen LogP contribution < -0.4 is 9.13 Å². The number of hydrogen-bond acceptors (Lipinski definition) is 2. The highest BCUT2D eigenvalue weighted by molar-refractivity contribution is 7.19. The van der Waals surface area contributed by atoms with Crippen LogP contribution in [0, 0.1) is 0 Å². The fraction of sp³-hybridized carbons (Fsp3) is 0.571. The Bertz CT molecular complexity index is 488. The van der Waals surface area contributed by atoms with Crippen LogP contribution in [0.15, 0.2) is 23.2 Å². The predicted octanol–water partition coefficient (Wildman–Crippen LogP) is 3.56. The van der Waals surface area contributed by atoms with E-state index in [2.05, 4.69) is 73.8 Å². The molecule has 0 amide bonds. The predicted molar refractivity (Wildman–Crippen MR) is 78.0 cm³/mol. The van der Waals surface area contributed by atoms with Crippen molar-refractivity contribution >= 4 is 22.7 Å². The van der Waals surface area contributed by atoms with Crippen molar-refractivity contribution in [3.8, 4) is 10.0 Å². The number of aromatic nitrogens is 2. The van der Waals surface area contributed by atoms with Crippen LogP contribution in [0.5, 0.6) is 0 Å². The van der Waals surface area contributed by atoms with Gasteiger partial charge in [-0.3, -0.25) is 0 Å². The molecule has 0 atom stereocenters. The minimum Gasteiger partial charge on any atom is -0.178 e. The average molecular weight is 282 g/mol. The summed E-state index contributed by atoms with van der Waals surface area (Å²) in [6.07, 6.45) is 4.37. The molecule has 0 saturated carbocycles. The number of thiazole rings is 2. The molecule has 2 aromatic rings. The van der Waals surface area contributed by atoms with Gasteiger partial charge in [0.25, 0.3) is 0 Å². The van der Waals surface area contributed by atoms with E-state index in [1.165, 1.54) is 10.0 Å². The topological polar surface area (TPSA) is 7.76 Å². The molecule has 2 aromatic heterocycles. The Hall–Kier alpha value is -0.740. The molecule has 2 nitrogen and oxygen atoms in total. The van der Waals surface area contributed by atoms with E-state index in [0.717, 1.165) is 0 Å². The first kappa shape index (κ1) is 13.7. The first-order valence-corrected chi connectivity index (χ1v) is 7.97. The van der Waals surface area contributed by atoms with Crippen molar-refractivity contribution in [3.63, 3.8) is 0 Å². The molecule has 2 heterocycles. The van der Waals surface area contributed by atoms with Gasteiger partial charge in [-0.25, -0.2) is 0 Å². The van der Waals surface area contributed by atoms with E-state index in [9.17, 15) is 0 Å². The standard InChI is InChI=1S/C14H22N2S2/c1-13(2,3)15-7-9-17-11(15)12-16(8-10-18-12)14(4,5)6/h7-10H,1-6H3/q+2. The fourth-order valence-corrected chi connectivity index (χ4v) is 4.13. The highest BCUT2D eigenvalue weighted by Crippen LogP contribution is 2.26. The molecule has 2 rings (SSSR count). The van der Waals surface area contributed by atoms with E-state index in [1.54, 1.807) is 0 Å². The van der Waals surface area contributed by atoms with Gasteiger partial charge in [0.2, 0.25) is 0 Å². The van der Waals surface area contributed by atoms with E-state index in [-0.39, 0.29) is 11.1 Å². The van der Waals surface area contributed by atoms with E-state index in [4.69, 9.17) is 0 Å². The maximum Gasteiger partial charge on any atom is 0.346 e. The highest BCUT2D eigenvalue weighted by atomic mass is 32.1. The fourth-order valence-electron chi connectivity index (χ4n) is 1.92. The molecular weight excluding hydrogens is 260 g/mol. The molecular formula is C14H22N2S2+2. The second kappa shape index (κ2) is 4.42. The summed E-state index contributed by atoms with van der Waals surface area (Å²) in [5.41, 5.74) is 0.240. The first-order chi connectivity index (χ1) is 8.21. The largest absolute Gasteiger partial charge is 0.346 e. The van der Waals surface area contributed by atoms with Crippen molar-refractivity contribution in [1.29, 1.82) is 0 Å². The van der Waals surface area contributed by atoms with Gasteiger partial charge in [-0.2, -0.15) is 9.13 Å². The molecule has 0 bridgehead atoms. The van der Waals surface area contributed by atoms with E-state index < -0.39 is 0 Å². The van der Waals surface area contributed by atoms with Crippen molar-refractivity contribution in [2.24, 2.45) is 0 Å². The normalized spacial score (nSPS) is 13.0. The first-order valence-electron chi connectivity index (χ1n) is 6.21. The van der Waals surface area contributed by atoms with Crippen molar-refractivity contribution in [3.05, 3.63) is 23.2 Å². The molecule has 0 N–H and O–H groups in total. The number of rotatable bonds is 1.